The summed E-state index contributed by atoms with van der Waals surface area (Å²) in [4.78, 5) is 37.5. The molecule has 3 atom stereocenters. The van der Waals surface area contributed by atoms with Crippen molar-refractivity contribution in [2.75, 3.05) is 13.1 Å². The molecule has 1 aliphatic heterocycles. The molecular formula is C23H21ClF3N7O4. The summed E-state index contributed by atoms with van der Waals surface area (Å²) in [5, 5.41) is 15.1. The van der Waals surface area contributed by atoms with Crippen molar-refractivity contribution in [2.24, 2.45) is 11.8 Å². The maximum atomic E-state index is 13.7. The van der Waals surface area contributed by atoms with Crippen molar-refractivity contribution in [3.63, 3.8) is 0 Å². The predicted molar refractivity (Wildman–Crippen MR) is 125 cm³/mol. The molecule has 0 spiro atoms. The first-order valence-corrected chi connectivity index (χ1v) is 11.8. The zero-order valence-corrected chi connectivity index (χ0v) is 20.7. The van der Waals surface area contributed by atoms with Crippen LogP contribution in [0, 0.1) is 11.8 Å². The Kier molecular flexibility index (Phi) is 6.16. The highest BCUT2D eigenvalue weighted by Gasteiger charge is 2.59. The summed E-state index contributed by atoms with van der Waals surface area (Å²) in [6, 6.07) is 4.61. The SMILES string of the molecule is CC(C)(NC(=O)O)c1cc(Cl)nc(O[C@@H]2[C@@H]3CN(C(=O)c4cn(-c5ncccn5)nc4C(F)(F)F)C[C@@H]32)c1. The number of hydrogen-bond acceptors (Lipinski definition) is 7. The summed E-state index contributed by atoms with van der Waals surface area (Å²) in [7, 11) is 0. The topological polar surface area (TPSA) is 135 Å². The molecule has 4 heterocycles. The molecule has 1 saturated heterocycles. The van der Waals surface area contributed by atoms with Gasteiger partial charge in [-0.25, -0.2) is 24.4 Å². The zero-order valence-electron chi connectivity index (χ0n) is 20.0. The van der Waals surface area contributed by atoms with E-state index in [-0.39, 0.29) is 48.0 Å². The number of alkyl halides is 3. The summed E-state index contributed by atoms with van der Waals surface area (Å²) in [5.41, 5.74) is -2.32. The average molecular weight is 552 g/mol. The Morgan fingerprint density at radius 3 is 2.42 bits per heavy atom. The van der Waals surface area contributed by atoms with Crippen LogP contribution in [0.2, 0.25) is 5.15 Å². The van der Waals surface area contributed by atoms with E-state index in [1.54, 1.807) is 19.9 Å². The van der Waals surface area contributed by atoms with Crippen LogP contribution in [0.15, 0.2) is 36.8 Å². The van der Waals surface area contributed by atoms with Crippen LogP contribution in [0.5, 0.6) is 5.88 Å². The van der Waals surface area contributed by atoms with E-state index in [1.165, 1.54) is 29.4 Å². The second-order valence-corrected chi connectivity index (χ2v) is 9.96. The number of ether oxygens (including phenoxy) is 1. The fraction of sp³-hybridized carbons (Fsp3) is 0.391. The maximum absolute atomic E-state index is 13.7. The van der Waals surface area contributed by atoms with E-state index in [1.807, 2.05) is 0 Å². The van der Waals surface area contributed by atoms with Gasteiger partial charge in [0.15, 0.2) is 5.69 Å². The second kappa shape index (κ2) is 9.11. The number of nitrogens with one attached hydrogen (secondary N) is 1. The number of carboxylic acid groups (broad SMARTS) is 1. The first-order valence-electron chi connectivity index (χ1n) is 11.4. The number of piperidine rings is 1. The highest BCUT2D eigenvalue weighted by atomic mass is 35.5. The average Bonchev–Trinajstić information content (AvgIpc) is 3.21. The smallest absolute Gasteiger partial charge is 0.435 e. The van der Waals surface area contributed by atoms with Crippen LogP contribution in [-0.2, 0) is 11.7 Å². The van der Waals surface area contributed by atoms with E-state index in [4.69, 9.17) is 21.4 Å². The Hall–Kier alpha value is -3.94. The number of hydrogen-bond donors (Lipinski definition) is 2. The standard InChI is InChI=1S/C23H21ClF3N7O4/c1-22(2,31-21(36)37)11-6-15(24)30-16(7-11)38-17-12-8-33(9-13(12)17)19(35)14-10-34(20-28-4-3-5-29-20)32-18(14)23(25,26)27/h3-7,10,12-13,17,31H,8-9H2,1-2H3,(H,36,37)/t12-,13+,17-. The van der Waals surface area contributed by atoms with Crippen molar-refractivity contribution in [2.45, 2.75) is 31.7 Å². The lowest BCUT2D eigenvalue weighted by atomic mass is 9.95. The second-order valence-electron chi connectivity index (χ2n) is 9.57. The number of nitrogens with zero attached hydrogens (tertiary/aromatic N) is 6. The van der Waals surface area contributed by atoms with E-state index in [9.17, 15) is 22.8 Å². The fourth-order valence-corrected chi connectivity index (χ4v) is 4.81. The molecule has 38 heavy (non-hydrogen) atoms. The summed E-state index contributed by atoms with van der Waals surface area (Å²) in [5.74, 6) is -0.904. The number of carbonyl (C=O) groups is 2. The van der Waals surface area contributed by atoms with Gasteiger partial charge in [0.05, 0.1) is 11.1 Å². The third-order valence-electron chi connectivity index (χ3n) is 6.54. The van der Waals surface area contributed by atoms with Crippen molar-refractivity contribution in [1.82, 2.24) is 34.9 Å². The van der Waals surface area contributed by atoms with Crippen molar-refractivity contribution in [1.29, 1.82) is 0 Å². The van der Waals surface area contributed by atoms with Gasteiger partial charge in [-0.3, -0.25) is 4.79 Å². The minimum absolute atomic E-state index is 0.0927. The van der Waals surface area contributed by atoms with E-state index in [0.29, 0.717) is 5.56 Å². The fourth-order valence-electron chi connectivity index (χ4n) is 4.61. The van der Waals surface area contributed by atoms with Crippen molar-refractivity contribution in [3.05, 3.63) is 58.8 Å². The highest BCUT2D eigenvalue weighted by Crippen LogP contribution is 2.48. The van der Waals surface area contributed by atoms with Crippen LogP contribution >= 0.6 is 11.6 Å². The van der Waals surface area contributed by atoms with E-state index in [0.717, 1.165) is 10.9 Å². The number of carbonyl (C=O) groups excluding carboxylic acids is 1. The Balaban J connectivity index is 1.28. The summed E-state index contributed by atoms with van der Waals surface area (Å²) >= 11 is 6.12. The van der Waals surface area contributed by atoms with Crippen LogP contribution in [0.25, 0.3) is 5.95 Å². The molecule has 2 N–H and O–H groups in total. The van der Waals surface area contributed by atoms with E-state index >= 15 is 0 Å². The van der Waals surface area contributed by atoms with Crippen LogP contribution < -0.4 is 10.1 Å². The summed E-state index contributed by atoms with van der Waals surface area (Å²) in [6.45, 7) is 3.70. The minimum Gasteiger partial charge on any atom is -0.474 e. The van der Waals surface area contributed by atoms with Gasteiger partial charge in [0, 0.05) is 49.6 Å². The van der Waals surface area contributed by atoms with Gasteiger partial charge in [0.25, 0.3) is 5.91 Å². The Bertz CT molecular complexity index is 1390. The first-order chi connectivity index (χ1) is 17.8. The number of aromatic nitrogens is 5. The number of amides is 2. The molecule has 2 amide bonds. The van der Waals surface area contributed by atoms with Crippen LogP contribution in [0.1, 0.15) is 35.5 Å². The van der Waals surface area contributed by atoms with Crippen molar-refractivity contribution >= 4 is 23.6 Å². The molecule has 1 aliphatic carbocycles. The predicted octanol–water partition coefficient (Wildman–Crippen LogP) is 3.38. The third-order valence-corrected chi connectivity index (χ3v) is 6.74. The van der Waals surface area contributed by atoms with Gasteiger partial charge in [0.2, 0.25) is 11.8 Å². The molecule has 0 bridgehead atoms. The molecule has 2 fully saturated rings. The van der Waals surface area contributed by atoms with Crippen molar-refractivity contribution < 1.29 is 32.6 Å². The molecule has 0 unspecified atom stereocenters. The minimum atomic E-state index is -4.85. The van der Waals surface area contributed by atoms with Gasteiger partial charge in [-0.2, -0.15) is 18.3 Å². The van der Waals surface area contributed by atoms with Gasteiger partial charge in [-0.05, 0) is 31.5 Å². The maximum Gasteiger partial charge on any atom is 0.435 e. The molecule has 5 rings (SSSR count). The third kappa shape index (κ3) is 4.95. The van der Waals surface area contributed by atoms with Gasteiger partial charge < -0.3 is 20.1 Å². The molecule has 3 aromatic heterocycles. The Morgan fingerprint density at radius 2 is 1.82 bits per heavy atom. The van der Waals surface area contributed by atoms with E-state index in [2.05, 4.69) is 25.4 Å². The van der Waals surface area contributed by atoms with Crippen LogP contribution in [0.3, 0.4) is 0 Å². The Morgan fingerprint density at radius 1 is 1.16 bits per heavy atom. The highest BCUT2D eigenvalue weighted by molar-refractivity contribution is 6.29. The lowest BCUT2D eigenvalue weighted by Crippen LogP contribution is -2.40. The first kappa shape index (κ1) is 25.7. The molecule has 0 aromatic carbocycles. The monoisotopic (exact) mass is 551 g/mol. The normalized spacial score (nSPS) is 20.7. The van der Waals surface area contributed by atoms with Gasteiger partial charge in [0.1, 0.15) is 11.3 Å². The summed E-state index contributed by atoms with van der Waals surface area (Å²) in [6.07, 6.45) is -2.66. The number of rotatable bonds is 6. The molecular weight excluding hydrogens is 531 g/mol. The number of halogens is 4. The van der Waals surface area contributed by atoms with Gasteiger partial charge >= 0.3 is 12.3 Å². The molecule has 15 heteroatoms. The molecule has 11 nitrogen and oxygen atoms in total. The molecule has 0 radical (unpaired) electrons. The van der Waals surface area contributed by atoms with Crippen LogP contribution in [-0.4, -0.2) is 65.9 Å². The van der Waals surface area contributed by atoms with E-state index < -0.39 is 35.0 Å². The zero-order chi connectivity index (χ0) is 27.4. The number of fused-ring (bicyclic) bond motifs is 1. The molecule has 1 saturated carbocycles. The molecule has 200 valence electrons. The lowest BCUT2D eigenvalue weighted by Gasteiger charge is -2.26. The number of likely N-dealkylation sites (tertiary alicyclic amines) is 1. The van der Waals surface area contributed by atoms with Gasteiger partial charge in [-0.15, -0.1) is 0 Å². The lowest BCUT2D eigenvalue weighted by molar-refractivity contribution is -0.141. The largest absolute Gasteiger partial charge is 0.474 e. The van der Waals surface area contributed by atoms with Gasteiger partial charge in [-0.1, -0.05) is 11.6 Å². The number of pyridine rings is 1. The Labute approximate surface area is 218 Å². The van der Waals surface area contributed by atoms with Crippen LogP contribution in [0.4, 0.5) is 18.0 Å². The quantitative estimate of drug-likeness (QED) is 0.445. The summed E-state index contributed by atoms with van der Waals surface area (Å²) < 4.78 is 47.8. The van der Waals surface area contributed by atoms with Crippen molar-refractivity contribution in [3.8, 4) is 11.8 Å². The molecule has 3 aromatic rings. The molecule has 2 aliphatic rings.